The Morgan fingerprint density at radius 3 is 2.35 bits per heavy atom. The van der Waals surface area contributed by atoms with Gasteiger partial charge in [-0.05, 0) is 41.7 Å². The number of amides is 2. The van der Waals surface area contributed by atoms with Crippen LogP contribution in [0.1, 0.15) is 37.6 Å². The first kappa shape index (κ1) is 24.9. The third kappa shape index (κ3) is 7.09. The van der Waals surface area contributed by atoms with Crippen molar-refractivity contribution in [3.05, 3.63) is 57.2 Å². The van der Waals surface area contributed by atoms with E-state index in [1.807, 2.05) is 27.7 Å². The molecule has 2 atom stereocenters. The number of halogens is 2. The summed E-state index contributed by atoms with van der Waals surface area (Å²) in [6.07, 6.45) is 0.226. The maximum absolute atomic E-state index is 13.0. The van der Waals surface area contributed by atoms with E-state index in [4.69, 9.17) is 34.7 Å². The van der Waals surface area contributed by atoms with Crippen molar-refractivity contribution in [2.75, 3.05) is 5.73 Å². The molecule has 2 aromatic rings. The molecule has 1 aromatic heterocycles. The molecule has 7 nitrogen and oxygen atoms in total. The lowest BCUT2D eigenvalue weighted by molar-refractivity contribution is -0.130. The molecule has 6 N–H and O–H groups in total. The summed E-state index contributed by atoms with van der Waals surface area (Å²) in [6.45, 7) is 7.65. The quantitative estimate of drug-likeness (QED) is 0.500. The molecule has 0 bridgehead atoms. The minimum absolute atomic E-state index is 0.226. The summed E-state index contributed by atoms with van der Waals surface area (Å²) < 4.78 is 0. The van der Waals surface area contributed by atoms with Gasteiger partial charge in [-0.3, -0.25) is 9.59 Å². The van der Waals surface area contributed by atoms with Crippen molar-refractivity contribution in [1.29, 1.82) is 0 Å². The van der Waals surface area contributed by atoms with Crippen LogP contribution in [-0.2, 0) is 22.6 Å². The molecule has 0 radical (unpaired) electrons. The normalized spacial score (nSPS) is 13.4. The second-order valence-electron chi connectivity index (χ2n) is 8.56. The third-order valence-electron chi connectivity index (χ3n) is 4.94. The Hall–Kier alpha value is -2.35. The van der Waals surface area contributed by atoms with Gasteiger partial charge >= 0.3 is 0 Å². The first-order valence-electron chi connectivity index (χ1n) is 9.88. The molecule has 1 unspecified atom stereocenters. The smallest absolute Gasteiger partial charge is 0.243 e. The molecule has 2 amide bonds. The van der Waals surface area contributed by atoms with Gasteiger partial charge in [-0.15, -0.1) is 0 Å². The van der Waals surface area contributed by atoms with E-state index in [-0.39, 0.29) is 18.9 Å². The number of aryl methyl sites for hydroxylation is 1. The number of aromatic nitrogens is 1. The van der Waals surface area contributed by atoms with Crippen LogP contribution in [0.2, 0.25) is 10.0 Å². The second kappa shape index (κ2) is 10.3. The lowest BCUT2D eigenvalue weighted by Gasteiger charge is -2.28. The number of nitrogens with zero attached hydrogens (tertiary/aromatic N) is 1. The first-order valence-corrected chi connectivity index (χ1v) is 10.6. The average Bonchev–Trinajstić information content (AvgIpc) is 2.68. The lowest BCUT2D eigenvalue weighted by atomic mass is 9.86. The minimum Gasteiger partial charge on any atom is -0.384 e. The molecular weight excluding hydrogens is 437 g/mol. The molecule has 2 rings (SSSR count). The highest BCUT2D eigenvalue weighted by molar-refractivity contribution is 6.42. The fourth-order valence-corrected chi connectivity index (χ4v) is 3.19. The number of pyridine rings is 1. The van der Waals surface area contributed by atoms with Gasteiger partial charge in [0.15, 0.2) is 0 Å². The number of rotatable bonds is 7. The van der Waals surface area contributed by atoms with Crippen molar-refractivity contribution in [1.82, 2.24) is 15.6 Å². The first-order chi connectivity index (χ1) is 14.4. The van der Waals surface area contributed by atoms with Crippen LogP contribution in [-0.4, -0.2) is 28.9 Å². The second-order valence-corrected chi connectivity index (χ2v) is 9.37. The number of benzene rings is 1. The Morgan fingerprint density at radius 1 is 1.10 bits per heavy atom. The largest absolute Gasteiger partial charge is 0.384 e. The van der Waals surface area contributed by atoms with Crippen molar-refractivity contribution >= 4 is 40.8 Å². The topological polar surface area (TPSA) is 123 Å². The molecule has 168 valence electrons. The summed E-state index contributed by atoms with van der Waals surface area (Å²) in [5, 5.41) is 6.42. The van der Waals surface area contributed by atoms with Crippen molar-refractivity contribution in [3.8, 4) is 0 Å². The zero-order chi connectivity index (χ0) is 23.3. The fourth-order valence-electron chi connectivity index (χ4n) is 2.87. The van der Waals surface area contributed by atoms with Crippen LogP contribution < -0.4 is 22.1 Å². The molecule has 0 aliphatic rings. The zero-order valence-electron chi connectivity index (χ0n) is 18.1. The van der Waals surface area contributed by atoms with Gasteiger partial charge in [0, 0.05) is 18.7 Å². The van der Waals surface area contributed by atoms with Crippen molar-refractivity contribution in [2.24, 2.45) is 11.1 Å². The van der Waals surface area contributed by atoms with Crippen LogP contribution in [0.5, 0.6) is 0 Å². The summed E-state index contributed by atoms with van der Waals surface area (Å²) in [4.78, 5) is 29.9. The monoisotopic (exact) mass is 465 g/mol. The molecule has 0 spiro atoms. The zero-order valence-corrected chi connectivity index (χ0v) is 19.6. The Bertz CT molecular complexity index is 959. The summed E-state index contributed by atoms with van der Waals surface area (Å²) in [6, 6.07) is 6.94. The molecule has 0 aliphatic carbocycles. The number of carbonyl (C=O) groups is 2. The Morgan fingerprint density at radius 2 is 1.77 bits per heavy atom. The molecule has 9 heteroatoms. The van der Waals surface area contributed by atoms with Gasteiger partial charge in [0.25, 0.3) is 0 Å². The van der Waals surface area contributed by atoms with Crippen LogP contribution in [0, 0.1) is 12.3 Å². The number of anilines is 1. The fraction of sp³-hybridized carbons (Fsp3) is 0.409. The van der Waals surface area contributed by atoms with E-state index in [0.29, 0.717) is 15.9 Å². The Labute approximate surface area is 192 Å². The maximum Gasteiger partial charge on any atom is 0.243 e. The van der Waals surface area contributed by atoms with Gasteiger partial charge in [0.05, 0.1) is 16.1 Å². The van der Waals surface area contributed by atoms with E-state index in [9.17, 15) is 9.59 Å². The van der Waals surface area contributed by atoms with Crippen LogP contribution in [0.15, 0.2) is 30.3 Å². The molecule has 0 saturated heterocycles. The van der Waals surface area contributed by atoms with Crippen molar-refractivity contribution in [2.45, 2.75) is 52.7 Å². The van der Waals surface area contributed by atoms with E-state index >= 15 is 0 Å². The highest BCUT2D eigenvalue weighted by Crippen LogP contribution is 2.23. The van der Waals surface area contributed by atoms with E-state index in [1.165, 1.54) is 0 Å². The van der Waals surface area contributed by atoms with Crippen LogP contribution in [0.4, 0.5) is 5.82 Å². The molecule has 0 aliphatic heterocycles. The number of nitrogens with one attached hydrogen (secondary N) is 2. The highest BCUT2D eigenvalue weighted by atomic mass is 35.5. The number of nitrogen functional groups attached to an aromatic ring is 1. The van der Waals surface area contributed by atoms with Gasteiger partial charge in [0.1, 0.15) is 11.9 Å². The number of nitrogens with two attached hydrogens (primary N) is 2. The minimum atomic E-state index is -0.847. The molecular formula is C22H29Cl2N5O2. The van der Waals surface area contributed by atoms with E-state index in [2.05, 4.69) is 15.6 Å². The highest BCUT2D eigenvalue weighted by Gasteiger charge is 2.31. The molecule has 31 heavy (non-hydrogen) atoms. The summed E-state index contributed by atoms with van der Waals surface area (Å²) in [7, 11) is 0. The predicted octanol–water partition coefficient (Wildman–Crippen LogP) is 3.00. The van der Waals surface area contributed by atoms with Crippen molar-refractivity contribution < 1.29 is 9.59 Å². The Kier molecular flexibility index (Phi) is 8.28. The SMILES string of the molecule is Cc1nc(N)ccc1CNC(=O)[C@H](Cc1ccc(Cl)c(Cl)c1)NC(=O)C(N)C(C)(C)C. The van der Waals surface area contributed by atoms with Gasteiger partial charge in [-0.2, -0.15) is 0 Å². The standard InChI is InChI=1S/C22H29Cl2N5O2/c1-12-14(6-8-18(25)28-12)11-27-20(30)17(29-21(31)19(26)22(2,3)4)10-13-5-7-15(23)16(24)9-13/h5-9,17,19H,10-11,26H2,1-4H3,(H2,25,28)(H,27,30)(H,29,31)/t17-,19?/m0/s1. The predicted molar refractivity (Wildman–Crippen MR) is 125 cm³/mol. The molecule has 1 heterocycles. The summed E-state index contributed by atoms with van der Waals surface area (Å²) in [5.41, 5.74) is 13.6. The molecule has 0 saturated carbocycles. The molecule has 0 fully saturated rings. The number of carbonyl (C=O) groups excluding carboxylic acids is 2. The maximum atomic E-state index is 13.0. The number of hydrogen-bond donors (Lipinski definition) is 4. The average molecular weight is 466 g/mol. The van der Waals surface area contributed by atoms with E-state index in [0.717, 1.165) is 16.8 Å². The van der Waals surface area contributed by atoms with E-state index in [1.54, 1.807) is 30.3 Å². The van der Waals surface area contributed by atoms with Crippen LogP contribution in [0.3, 0.4) is 0 Å². The summed E-state index contributed by atoms with van der Waals surface area (Å²) in [5.74, 6) is -0.344. The summed E-state index contributed by atoms with van der Waals surface area (Å²) >= 11 is 12.1. The number of hydrogen-bond acceptors (Lipinski definition) is 5. The third-order valence-corrected chi connectivity index (χ3v) is 5.68. The van der Waals surface area contributed by atoms with Gasteiger partial charge < -0.3 is 22.1 Å². The van der Waals surface area contributed by atoms with E-state index < -0.39 is 23.4 Å². The van der Waals surface area contributed by atoms with Gasteiger partial charge in [-0.25, -0.2) is 4.98 Å². The molecule has 1 aromatic carbocycles. The van der Waals surface area contributed by atoms with Gasteiger partial charge in [0.2, 0.25) is 11.8 Å². The lowest BCUT2D eigenvalue weighted by Crippen LogP contribution is -2.55. The van der Waals surface area contributed by atoms with Gasteiger partial charge in [-0.1, -0.05) is 56.1 Å². The van der Waals surface area contributed by atoms with Crippen molar-refractivity contribution in [3.63, 3.8) is 0 Å². The van der Waals surface area contributed by atoms with Crippen LogP contribution >= 0.6 is 23.2 Å². The Balaban J connectivity index is 2.19. The van der Waals surface area contributed by atoms with Crippen LogP contribution in [0.25, 0.3) is 0 Å².